The second-order valence-electron chi connectivity index (χ2n) is 5.16. The van der Waals surface area contributed by atoms with Crippen molar-refractivity contribution in [1.29, 1.82) is 5.26 Å². The maximum absolute atomic E-state index is 9.32. The second-order valence-corrected chi connectivity index (χ2v) is 5.16. The molecule has 1 aromatic carbocycles. The number of fused-ring (bicyclic) bond motifs is 1. The lowest BCUT2D eigenvalue weighted by Crippen LogP contribution is -2.23. The average molecular weight is 280 g/mol. The molecule has 21 heavy (non-hydrogen) atoms. The standard InChI is InChI=1S/C17H16N2O2/c1-20-17-15(10-18)13(6-7-19-17)8-12-9-14-4-2-3-5-16(14)21-11-12/h2-7,12H,8-9,11H2,1H3/t12-/m0/s1. The van der Waals surface area contributed by atoms with Gasteiger partial charge in [-0.25, -0.2) is 4.98 Å². The van der Waals surface area contributed by atoms with E-state index in [1.165, 1.54) is 12.7 Å². The normalized spacial score (nSPS) is 16.5. The molecule has 0 aliphatic carbocycles. The third-order valence-electron chi connectivity index (χ3n) is 3.77. The Morgan fingerprint density at radius 1 is 1.38 bits per heavy atom. The molecule has 0 radical (unpaired) electrons. The van der Waals surface area contributed by atoms with Crippen LogP contribution in [0, 0.1) is 17.2 Å². The maximum atomic E-state index is 9.32. The number of para-hydroxylation sites is 1. The fourth-order valence-corrected chi connectivity index (χ4v) is 2.76. The number of methoxy groups -OCH3 is 1. The summed E-state index contributed by atoms with van der Waals surface area (Å²) in [7, 11) is 1.53. The van der Waals surface area contributed by atoms with Crippen LogP contribution in [0.2, 0.25) is 0 Å². The topological polar surface area (TPSA) is 55.1 Å². The molecule has 2 heterocycles. The lowest BCUT2D eigenvalue weighted by molar-refractivity contribution is 0.221. The Hall–Kier alpha value is -2.54. The number of rotatable bonds is 3. The summed E-state index contributed by atoms with van der Waals surface area (Å²) < 4.78 is 11.0. The molecular formula is C17H16N2O2. The molecule has 0 amide bonds. The van der Waals surface area contributed by atoms with Gasteiger partial charge in [-0.05, 0) is 36.1 Å². The fraction of sp³-hybridized carbons (Fsp3) is 0.294. The zero-order valence-electron chi connectivity index (χ0n) is 11.9. The summed E-state index contributed by atoms with van der Waals surface area (Å²) >= 11 is 0. The lowest BCUT2D eigenvalue weighted by atomic mass is 9.90. The number of benzene rings is 1. The van der Waals surface area contributed by atoms with Gasteiger partial charge < -0.3 is 9.47 Å². The van der Waals surface area contributed by atoms with Crippen molar-refractivity contribution in [2.45, 2.75) is 12.8 Å². The lowest BCUT2D eigenvalue weighted by Gasteiger charge is -2.25. The molecule has 3 rings (SSSR count). The van der Waals surface area contributed by atoms with Crippen LogP contribution in [0.5, 0.6) is 11.6 Å². The molecule has 0 fully saturated rings. The van der Waals surface area contributed by atoms with Gasteiger partial charge in [0.05, 0.1) is 13.7 Å². The third kappa shape index (κ3) is 2.68. The SMILES string of the molecule is COc1nccc(C[C@@H]2COc3ccccc3C2)c1C#N. The van der Waals surface area contributed by atoms with Gasteiger partial charge in [-0.1, -0.05) is 18.2 Å². The van der Waals surface area contributed by atoms with Crippen molar-refractivity contribution in [1.82, 2.24) is 4.98 Å². The highest BCUT2D eigenvalue weighted by atomic mass is 16.5. The number of pyridine rings is 1. The first-order chi connectivity index (χ1) is 10.3. The molecule has 0 saturated carbocycles. The van der Waals surface area contributed by atoms with Crippen LogP contribution in [0.4, 0.5) is 0 Å². The predicted molar refractivity (Wildman–Crippen MR) is 78.3 cm³/mol. The molecule has 0 N–H and O–H groups in total. The zero-order valence-corrected chi connectivity index (χ0v) is 11.9. The van der Waals surface area contributed by atoms with Crippen molar-refractivity contribution >= 4 is 0 Å². The van der Waals surface area contributed by atoms with Crippen LogP contribution >= 0.6 is 0 Å². The number of hydrogen-bond acceptors (Lipinski definition) is 4. The minimum atomic E-state index is 0.360. The van der Waals surface area contributed by atoms with E-state index in [2.05, 4.69) is 17.1 Å². The van der Waals surface area contributed by atoms with Crippen LogP contribution in [0.25, 0.3) is 0 Å². The van der Waals surface area contributed by atoms with Crippen LogP contribution in [-0.4, -0.2) is 18.7 Å². The first kappa shape index (κ1) is 13.4. The summed E-state index contributed by atoms with van der Waals surface area (Å²) in [6.45, 7) is 0.673. The number of nitriles is 1. The fourth-order valence-electron chi connectivity index (χ4n) is 2.76. The number of aromatic nitrogens is 1. The minimum absolute atomic E-state index is 0.360. The van der Waals surface area contributed by atoms with Crippen molar-refractivity contribution in [3.05, 3.63) is 53.2 Å². The molecule has 2 aromatic rings. The quantitative estimate of drug-likeness (QED) is 0.867. The monoisotopic (exact) mass is 280 g/mol. The number of ether oxygens (including phenoxy) is 2. The van der Waals surface area contributed by atoms with Gasteiger partial charge in [0, 0.05) is 12.1 Å². The summed E-state index contributed by atoms with van der Waals surface area (Å²) in [5.74, 6) is 1.73. The van der Waals surface area contributed by atoms with Crippen molar-refractivity contribution in [2.75, 3.05) is 13.7 Å². The minimum Gasteiger partial charge on any atom is -0.493 e. The molecule has 4 nitrogen and oxygen atoms in total. The van der Waals surface area contributed by atoms with E-state index in [0.29, 0.717) is 24.0 Å². The Labute approximate surface area is 124 Å². The van der Waals surface area contributed by atoms with Crippen LogP contribution in [0.3, 0.4) is 0 Å². The smallest absolute Gasteiger partial charge is 0.231 e. The molecule has 0 spiro atoms. The van der Waals surface area contributed by atoms with Gasteiger partial charge in [-0.3, -0.25) is 0 Å². The second kappa shape index (κ2) is 5.84. The van der Waals surface area contributed by atoms with Gasteiger partial charge in [-0.15, -0.1) is 0 Å². The molecule has 1 atom stereocenters. The maximum Gasteiger partial charge on any atom is 0.231 e. The largest absolute Gasteiger partial charge is 0.493 e. The van der Waals surface area contributed by atoms with Gasteiger partial charge >= 0.3 is 0 Å². The van der Waals surface area contributed by atoms with Crippen LogP contribution in [0.15, 0.2) is 36.5 Å². The zero-order chi connectivity index (χ0) is 14.7. The molecular weight excluding hydrogens is 264 g/mol. The summed E-state index contributed by atoms with van der Waals surface area (Å²) in [5, 5.41) is 9.32. The summed E-state index contributed by atoms with van der Waals surface area (Å²) in [6, 6.07) is 12.2. The van der Waals surface area contributed by atoms with Gasteiger partial charge in [-0.2, -0.15) is 5.26 Å². The molecule has 1 aliphatic heterocycles. The van der Waals surface area contributed by atoms with E-state index in [1.54, 1.807) is 6.20 Å². The van der Waals surface area contributed by atoms with E-state index in [4.69, 9.17) is 9.47 Å². The molecule has 0 bridgehead atoms. The van der Waals surface area contributed by atoms with Gasteiger partial charge in [0.1, 0.15) is 17.4 Å². The summed E-state index contributed by atoms with van der Waals surface area (Å²) in [4.78, 5) is 4.08. The molecule has 0 saturated heterocycles. The Morgan fingerprint density at radius 3 is 3.05 bits per heavy atom. The molecule has 4 heteroatoms. The Kier molecular flexibility index (Phi) is 3.74. The van der Waals surface area contributed by atoms with E-state index < -0.39 is 0 Å². The van der Waals surface area contributed by atoms with Crippen molar-refractivity contribution in [2.24, 2.45) is 5.92 Å². The van der Waals surface area contributed by atoms with Crippen LogP contribution < -0.4 is 9.47 Å². The van der Waals surface area contributed by atoms with E-state index in [9.17, 15) is 5.26 Å². The first-order valence-corrected chi connectivity index (χ1v) is 6.94. The van der Waals surface area contributed by atoms with Crippen molar-refractivity contribution in [3.8, 4) is 17.7 Å². The summed E-state index contributed by atoms with van der Waals surface area (Å²) in [6.07, 6.45) is 3.44. The first-order valence-electron chi connectivity index (χ1n) is 6.94. The van der Waals surface area contributed by atoms with Crippen LogP contribution in [0.1, 0.15) is 16.7 Å². The van der Waals surface area contributed by atoms with Crippen LogP contribution in [-0.2, 0) is 12.8 Å². The molecule has 1 aliphatic rings. The number of hydrogen-bond donors (Lipinski definition) is 0. The van der Waals surface area contributed by atoms with Gasteiger partial charge in [0.25, 0.3) is 0 Å². The third-order valence-corrected chi connectivity index (χ3v) is 3.77. The van der Waals surface area contributed by atoms with E-state index in [-0.39, 0.29) is 0 Å². The Bertz CT molecular complexity index is 691. The van der Waals surface area contributed by atoms with Crippen molar-refractivity contribution in [3.63, 3.8) is 0 Å². The molecule has 106 valence electrons. The van der Waals surface area contributed by atoms with Gasteiger partial charge in [0.15, 0.2) is 0 Å². The highest BCUT2D eigenvalue weighted by Crippen LogP contribution is 2.30. The highest BCUT2D eigenvalue weighted by Gasteiger charge is 2.22. The molecule has 0 unspecified atom stereocenters. The predicted octanol–water partition coefficient (Wildman–Crippen LogP) is 2.76. The molecule has 1 aromatic heterocycles. The Morgan fingerprint density at radius 2 is 2.24 bits per heavy atom. The van der Waals surface area contributed by atoms with E-state index in [1.807, 2.05) is 24.3 Å². The van der Waals surface area contributed by atoms with Gasteiger partial charge in [0.2, 0.25) is 5.88 Å². The van der Waals surface area contributed by atoms with E-state index in [0.717, 1.165) is 24.2 Å². The van der Waals surface area contributed by atoms with Crippen molar-refractivity contribution < 1.29 is 9.47 Å². The average Bonchev–Trinajstić information content (AvgIpc) is 2.54. The van der Waals surface area contributed by atoms with E-state index >= 15 is 0 Å². The summed E-state index contributed by atoms with van der Waals surface area (Å²) in [5.41, 5.74) is 2.73. The highest BCUT2D eigenvalue weighted by molar-refractivity contribution is 5.45. The number of nitrogens with zero attached hydrogens (tertiary/aromatic N) is 2. The Balaban J connectivity index is 1.81.